The van der Waals surface area contributed by atoms with Crippen molar-refractivity contribution in [1.29, 1.82) is 0 Å². The van der Waals surface area contributed by atoms with Gasteiger partial charge in [-0.2, -0.15) is 0 Å². The molecular weight excluding hydrogens is 300 g/mol. The first-order valence-corrected chi connectivity index (χ1v) is 8.08. The molecule has 2 amide bonds. The third-order valence-electron chi connectivity index (χ3n) is 4.03. The molecule has 1 aliphatic heterocycles. The summed E-state index contributed by atoms with van der Waals surface area (Å²) >= 11 is 0. The van der Waals surface area contributed by atoms with Crippen LogP contribution in [0.3, 0.4) is 0 Å². The van der Waals surface area contributed by atoms with Crippen LogP contribution >= 0.6 is 0 Å². The topological polar surface area (TPSA) is 44.4 Å². The number of hydrogen-bond donors (Lipinski definition) is 2. The molecule has 0 unspecified atom stereocenters. The summed E-state index contributed by atoms with van der Waals surface area (Å²) in [6.45, 7) is 9.23. The van der Waals surface area contributed by atoms with Gasteiger partial charge in [0.1, 0.15) is 11.6 Å². The summed E-state index contributed by atoms with van der Waals surface area (Å²) in [6, 6.07) is 2.52. The van der Waals surface area contributed by atoms with E-state index in [4.69, 9.17) is 0 Å². The maximum absolute atomic E-state index is 13.5. The van der Waals surface area contributed by atoms with Crippen LogP contribution in [-0.2, 0) is 0 Å². The van der Waals surface area contributed by atoms with E-state index < -0.39 is 17.7 Å². The highest BCUT2D eigenvalue weighted by Gasteiger charge is 2.23. The Morgan fingerprint density at radius 3 is 2.57 bits per heavy atom. The van der Waals surface area contributed by atoms with Crippen LogP contribution in [0.1, 0.15) is 27.2 Å². The zero-order valence-corrected chi connectivity index (χ0v) is 13.9. The van der Waals surface area contributed by atoms with Gasteiger partial charge in [-0.3, -0.25) is 0 Å². The van der Waals surface area contributed by atoms with Crippen molar-refractivity contribution in [2.45, 2.75) is 33.2 Å². The largest absolute Gasteiger partial charge is 0.334 e. The molecule has 0 aliphatic carbocycles. The highest BCUT2D eigenvalue weighted by Crippen LogP contribution is 2.21. The Balaban J connectivity index is 1.82. The number of urea groups is 1. The number of likely N-dealkylation sites (tertiary alicyclic amines) is 1. The second-order valence-electron chi connectivity index (χ2n) is 6.79. The first-order valence-electron chi connectivity index (χ1n) is 8.08. The van der Waals surface area contributed by atoms with Gasteiger partial charge in [-0.1, -0.05) is 13.8 Å². The molecule has 0 radical (unpaired) electrons. The number of anilines is 1. The van der Waals surface area contributed by atoms with Crippen LogP contribution in [0.5, 0.6) is 0 Å². The first-order chi connectivity index (χ1) is 10.8. The van der Waals surface area contributed by atoms with Crippen molar-refractivity contribution in [2.75, 3.05) is 25.0 Å². The van der Waals surface area contributed by atoms with Crippen LogP contribution in [0.25, 0.3) is 0 Å². The highest BCUT2D eigenvalue weighted by molar-refractivity contribution is 5.89. The smallest absolute Gasteiger partial charge is 0.319 e. The summed E-state index contributed by atoms with van der Waals surface area (Å²) in [6.07, 6.45) is 1.24. The predicted octanol–water partition coefficient (Wildman–Crippen LogP) is 3.45. The Bertz CT molecular complexity index is 543. The van der Waals surface area contributed by atoms with Crippen LogP contribution in [0.15, 0.2) is 18.2 Å². The van der Waals surface area contributed by atoms with Gasteiger partial charge in [-0.15, -0.1) is 0 Å². The third kappa shape index (κ3) is 5.46. The lowest BCUT2D eigenvalue weighted by Gasteiger charge is -2.36. The molecule has 1 fully saturated rings. The minimum atomic E-state index is -0.786. The zero-order valence-electron chi connectivity index (χ0n) is 13.9. The molecule has 0 aromatic heterocycles. The van der Waals surface area contributed by atoms with E-state index >= 15 is 0 Å². The van der Waals surface area contributed by atoms with Crippen molar-refractivity contribution in [1.82, 2.24) is 10.2 Å². The lowest BCUT2D eigenvalue weighted by molar-refractivity contribution is 0.132. The van der Waals surface area contributed by atoms with E-state index in [1.807, 2.05) is 6.92 Å². The van der Waals surface area contributed by atoms with Crippen molar-refractivity contribution in [2.24, 2.45) is 11.8 Å². The van der Waals surface area contributed by atoms with Crippen molar-refractivity contribution in [3.05, 3.63) is 29.8 Å². The summed E-state index contributed by atoms with van der Waals surface area (Å²) in [5.74, 6) is -0.136. The van der Waals surface area contributed by atoms with Crippen LogP contribution < -0.4 is 10.6 Å². The maximum Gasteiger partial charge on any atom is 0.319 e. The molecule has 128 valence electrons. The fourth-order valence-electron chi connectivity index (χ4n) is 3.35. The summed E-state index contributed by atoms with van der Waals surface area (Å²) in [5.41, 5.74) is -0.0312. The molecule has 1 aromatic carbocycles. The van der Waals surface area contributed by atoms with Crippen LogP contribution in [-0.4, -0.2) is 36.6 Å². The molecule has 0 saturated carbocycles. The lowest BCUT2D eigenvalue weighted by Crippen LogP contribution is -2.47. The number of carbonyl (C=O) groups is 1. The van der Waals surface area contributed by atoms with E-state index in [9.17, 15) is 13.6 Å². The number of nitrogens with one attached hydrogen (secondary N) is 2. The van der Waals surface area contributed by atoms with Crippen molar-refractivity contribution >= 4 is 11.7 Å². The van der Waals surface area contributed by atoms with Gasteiger partial charge in [0, 0.05) is 31.7 Å². The quantitative estimate of drug-likeness (QED) is 0.890. The first kappa shape index (κ1) is 17.7. The fourth-order valence-corrected chi connectivity index (χ4v) is 3.35. The van der Waals surface area contributed by atoms with E-state index in [0.717, 1.165) is 31.8 Å². The number of rotatable bonds is 4. The molecular formula is C17H25F2N3O. The van der Waals surface area contributed by atoms with E-state index in [-0.39, 0.29) is 11.7 Å². The number of amides is 2. The Kier molecular flexibility index (Phi) is 5.93. The van der Waals surface area contributed by atoms with Crippen LogP contribution in [0.2, 0.25) is 0 Å². The van der Waals surface area contributed by atoms with Gasteiger partial charge < -0.3 is 15.5 Å². The standard InChI is InChI=1S/C17H25F2N3O/c1-11-6-12(2)9-22(8-11)10-13(3)20-17(23)21-16-5-4-14(18)7-15(16)19/h4-5,7,11-13H,6,8-10H2,1-3H3,(H2,20,21,23)/t11-,12-,13+/m1/s1. The molecule has 1 heterocycles. The molecule has 0 spiro atoms. The molecule has 3 atom stereocenters. The molecule has 4 nitrogen and oxygen atoms in total. The predicted molar refractivity (Wildman–Crippen MR) is 87.4 cm³/mol. The van der Waals surface area contributed by atoms with Crippen LogP contribution in [0, 0.1) is 23.5 Å². The van der Waals surface area contributed by atoms with E-state index in [2.05, 4.69) is 29.4 Å². The van der Waals surface area contributed by atoms with E-state index in [0.29, 0.717) is 11.8 Å². The minimum absolute atomic E-state index is 0.0312. The molecule has 1 aliphatic rings. The normalized spacial score (nSPS) is 23.3. The van der Waals surface area contributed by atoms with Crippen molar-refractivity contribution < 1.29 is 13.6 Å². The van der Waals surface area contributed by atoms with Gasteiger partial charge in [-0.25, -0.2) is 13.6 Å². The van der Waals surface area contributed by atoms with Gasteiger partial charge in [0.05, 0.1) is 5.69 Å². The van der Waals surface area contributed by atoms with E-state index in [1.54, 1.807) is 0 Å². The molecule has 1 saturated heterocycles. The molecule has 23 heavy (non-hydrogen) atoms. The summed E-state index contributed by atoms with van der Waals surface area (Å²) in [4.78, 5) is 14.3. The summed E-state index contributed by atoms with van der Waals surface area (Å²) in [7, 11) is 0. The van der Waals surface area contributed by atoms with Gasteiger partial charge in [0.25, 0.3) is 0 Å². The second-order valence-corrected chi connectivity index (χ2v) is 6.79. The number of hydrogen-bond acceptors (Lipinski definition) is 2. The SMILES string of the molecule is C[C@@H]1C[C@@H](C)CN(C[C@H](C)NC(=O)Nc2ccc(F)cc2F)C1. The lowest BCUT2D eigenvalue weighted by atomic mass is 9.92. The highest BCUT2D eigenvalue weighted by atomic mass is 19.1. The second kappa shape index (κ2) is 7.73. The summed E-state index contributed by atoms with van der Waals surface area (Å²) in [5, 5.41) is 5.21. The number of carbonyl (C=O) groups excluding carboxylic acids is 1. The number of piperidine rings is 1. The molecule has 6 heteroatoms. The number of nitrogens with zero attached hydrogens (tertiary/aromatic N) is 1. The Morgan fingerprint density at radius 1 is 1.30 bits per heavy atom. The van der Waals surface area contributed by atoms with Crippen LogP contribution in [0.4, 0.5) is 19.3 Å². The van der Waals surface area contributed by atoms with Gasteiger partial charge in [-0.05, 0) is 37.3 Å². The minimum Gasteiger partial charge on any atom is -0.334 e. The molecule has 0 bridgehead atoms. The number of benzene rings is 1. The van der Waals surface area contributed by atoms with Gasteiger partial charge in [0.2, 0.25) is 0 Å². The van der Waals surface area contributed by atoms with Crippen molar-refractivity contribution in [3.63, 3.8) is 0 Å². The average molecular weight is 325 g/mol. The monoisotopic (exact) mass is 325 g/mol. The van der Waals surface area contributed by atoms with E-state index in [1.165, 1.54) is 12.5 Å². The Morgan fingerprint density at radius 2 is 1.96 bits per heavy atom. The maximum atomic E-state index is 13.5. The third-order valence-corrected chi connectivity index (χ3v) is 4.03. The fraction of sp³-hybridized carbons (Fsp3) is 0.588. The Labute approximate surface area is 136 Å². The molecule has 2 N–H and O–H groups in total. The van der Waals surface area contributed by atoms with Crippen molar-refractivity contribution in [3.8, 4) is 0 Å². The summed E-state index contributed by atoms with van der Waals surface area (Å²) < 4.78 is 26.4. The number of halogens is 2. The average Bonchev–Trinajstić information content (AvgIpc) is 2.40. The van der Waals surface area contributed by atoms with Gasteiger partial charge >= 0.3 is 6.03 Å². The molecule has 1 aromatic rings. The molecule has 2 rings (SSSR count). The zero-order chi connectivity index (χ0) is 17.0. The Hall–Kier alpha value is -1.69. The van der Waals surface area contributed by atoms with Gasteiger partial charge in [0.15, 0.2) is 0 Å².